The molecule has 0 unspecified atom stereocenters. The van der Waals surface area contributed by atoms with Gasteiger partial charge in [-0.15, -0.1) is 11.3 Å². The first kappa shape index (κ1) is 20.5. The highest BCUT2D eigenvalue weighted by Gasteiger charge is 2.43. The zero-order chi connectivity index (χ0) is 21.3. The molecule has 0 saturated carbocycles. The smallest absolute Gasteiger partial charge is 0.358 e. The Labute approximate surface area is 175 Å². The summed E-state index contributed by atoms with van der Waals surface area (Å²) in [5, 5.41) is 2.81. The SMILES string of the molecule is CC[C@H](Cc1ccc2c(c1)OCCO2)NC(=O)C(F)(F)c1cc2cc(F)ccc2s1. The van der Waals surface area contributed by atoms with Crippen molar-refractivity contribution < 1.29 is 27.4 Å². The van der Waals surface area contributed by atoms with Crippen LogP contribution in [0.15, 0.2) is 42.5 Å². The van der Waals surface area contributed by atoms with Crippen LogP contribution in [0.5, 0.6) is 11.5 Å². The molecule has 0 fully saturated rings. The summed E-state index contributed by atoms with van der Waals surface area (Å²) in [6.07, 6.45) is 0.862. The Kier molecular flexibility index (Phi) is 5.60. The number of fused-ring (bicyclic) bond motifs is 2. The quantitative estimate of drug-likeness (QED) is 0.590. The number of hydrogen-bond acceptors (Lipinski definition) is 4. The number of alkyl halides is 2. The van der Waals surface area contributed by atoms with Gasteiger partial charge in [-0.1, -0.05) is 13.0 Å². The summed E-state index contributed by atoms with van der Waals surface area (Å²) in [7, 11) is 0. The Morgan fingerprint density at radius 1 is 1.13 bits per heavy atom. The molecule has 1 atom stereocenters. The Bertz CT molecular complexity index is 1080. The number of carbonyl (C=O) groups excluding carboxylic acids is 1. The zero-order valence-corrected chi connectivity index (χ0v) is 17.0. The van der Waals surface area contributed by atoms with Crippen molar-refractivity contribution in [3.8, 4) is 11.5 Å². The van der Waals surface area contributed by atoms with E-state index in [1.54, 1.807) is 6.07 Å². The molecule has 0 aliphatic carbocycles. The average Bonchev–Trinajstić information content (AvgIpc) is 3.17. The number of carbonyl (C=O) groups is 1. The van der Waals surface area contributed by atoms with Crippen molar-refractivity contribution in [3.63, 3.8) is 0 Å². The van der Waals surface area contributed by atoms with Crippen molar-refractivity contribution in [2.75, 3.05) is 13.2 Å². The molecular formula is C22H20F3NO3S. The first-order valence-electron chi connectivity index (χ1n) is 9.63. The minimum atomic E-state index is -3.71. The van der Waals surface area contributed by atoms with E-state index < -0.39 is 28.6 Å². The van der Waals surface area contributed by atoms with Crippen molar-refractivity contribution in [1.82, 2.24) is 5.32 Å². The van der Waals surface area contributed by atoms with Gasteiger partial charge in [0.2, 0.25) is 0 Å². The molecule has 2 heterocycles. The van der Waals surface area contributed by atoms with E-state index in [9.17, 15) is 18.0 Å². The Morgan fingerprint density at radius 3 is 2.67 bits per heavy atom. The summed E-state index contributed by atoms with van der Waals surface area (Å²) >= 11 is 0.787. The van der Waals surface area contributed by atoms with Gasteiger partial charge in [-0.3, -0.25) is 4.79 Å². The predicted octanol–water partition coefficient (Wildman–Crippen LogP) is 5.04. The maximum absolute atomic E-state index is 14.8. The zero-order valence-electron chi connectivity index (χ0n) is 16.2. The van der Waals surface area contributed by atoms with Crippen LogP contribution in [0, 0.1) is 5.82 Å². The highest BCUT2D eigenvalue weighted by molar-refractivity contribution is 7.19. The lowest BCUT2D eigenvalue weighted by atomic mass is 10.0. The molecule has 0 bridgehead atoms. The molecule has 2 aromatic carbocycles. The van der Waals surface area contributed by atoms with Gasteiger partial charge >= 0.3 is 5.92 Å². The molecule has 4 rings (SSSR count). The molecule has 1 aromatic heterocycles. The largest absolute Gasteiger partial charge is 0.486 e. The Morgan fingerprint density at radius 2 is 1.90 bits per heavy atom. The number of benzene rings is 2. The van der Waals surface area contributed by atoms with Crippen molar-refractivity contribution in [1.29, 1.82) is 0 Å². The van der Waals surface area contributed by atoms with Gasteiger partial charge in [0, 0.05) is 10.7 Å². The third-order valence-corrected chi connectivity index (χ3v) is 6.18. The fourth-order valence-electron chi connectivity index (χ4n) is 3.35. The van der Waals surface area contributed by atoms with Crippen LogP contribution < -0.4 is 14.8 Å². The normalized spacial score (nSPS) is 14.5. The van der Waals surface area contributed by atoms with Crippen molar-refractivity contribution in [2.45, 2.75) is 31.7 Å². The fraction of sp³-hybridized carbons (Fsp3) is 0.318. The van der Waals surface area contributed by atoms with Gasteiger partial charge in [0.1, 0.15) is 19.0 Å². The molecule has 1 amide bonds. The molecule has 1 aliphatic rings. The topological polar surface area (TPSA) is 47.6 Å². The number of halogens is 3. The fourth-order valence-corrected chi connectivity index (χ4v) is 4.37. The monoisotopic (exact) mass is 435 g/mol. The number of hydrogen-bond donors (Lipinski definition) is 1. The van der Waals surface area contributed by atoms with Gasteiger partial charge in [0.05, 0.1) is 4.88 Å². The molecular weight excluding hydrogens is 415 g/mol. The predicted molar refractivity (Wildman–Crippen MR) is 109 cm³/mol. The van der Waals surface area contributed by atoms with E-state index in [-0.39, 0.29) is 0 Å². The van der Waals surface area contributed by atoms with Gasteiger partial charge < -0.3 is 14.8 Å². The molecule has 0 saturated heterocycles. The lowest BCUT2D eigenvalue weighted by Crippen LogP contribution is -2.44. The summed E-state index contributed by atoms with van der Waals surface area (Å²) in [6.45, 7) is 2.76. The molecule has 1 aliphatic heterocycles. The second-order valence-electron chi connectivity index (χ2n) is 7.13. The summed E-state index contributed by atoms with van der Waals surface area (Å²) in [6, 6.07) is 9.94. The number of thiophene rings is 1. The Balaban J connectivity index is 1.48. The standard InChI is InChI=1S/C22H20F3NO3S/c1-2-16(9-13-3-5-17-18(10-13)29-8-7-28-17)26-21(27)22(24,25)20-12-14-11-15(23)4-6-19(14)30-20/h3-6,10-12,16H,2,7-9H2,1H3,(H,26,27)/t16-/m1/s1. The molecule has 0 spiro atoms. The van der Waals surface area contributed by atoms with E-state index in [1.165, 1.54) is 24.3 Å². The van der Waals surface area contributed by atoms with Crippen LogP contribution in [0.2, 0.25) is 0 Å². The van der Waals surface area contributed by atoms with Crippen molar-refractivity contribution >= 4 is 27.3 Å². The van der Waals surface area contributed by atoms with E-state index in [4.69, 9.17) is 9.47 Å². The third kappa shape index (κ3) is 4.09. The molecule has 0 radical (unpaired) electrons. The maximum Gasteiger partial charge on any atom is 0.358 e. The molecule has 3 aromatic rings. The summed E-state index contributed by atoms with van der Waals surface area (Å²) in [5.41, 5.74) is 0.854. The third-order valence-electron chi connectivity index (χ3n) is 4.99. The highest BCUT2D eigenvalue weighted by Crippen LogP contribution is 2.38. The van der Waals surface area contributed by atoms with Crippen LogP contribution in [0.4, 0.5) is 13.2 Å². The van der Waals surface area contributed by atoms with E-state index in [1.807, 2.05) is 19.1 Å². The number of nitrogens with one attached hydrogen (secondary N) is 1. The maximum atomic E-state index is 14.8. The van der Waals surface area contributed by atoms with Crippen molar-refractivity contribution in [3.05, 3.63) is 58.7 Å². The average molecular weight is 435 g/mol. The molecule has 8 heteroatoms. The molecule has 30 heavy (non-hydrogen) atoms. The number of ether oxygens (including phenoxy) is 2. The van der Waals surface area contributed by atoms with Crippen LogP contribution in [0.3, 0.4) is 0 Å². The summed E-state index contributed by atoms with van der Waals surface area (Å²) in [5.74, 6) is -4.32. The van der Waals surface area contributed by atoms with Crippen LogP contribution in [-0.2, 0) is 17.1 Å². The van der Waals surface area contributed by atoms with Crippen LogP contribution in [0.25, 0.3) is 10.1 Å². The van der Waals surface area contributed by atoms with Crippen LogP contribution >= 0.6 is 11.3 Å². The van der Waals surface area contributed by atoms with Gasteiger partial charge in [-0.25, -0.2) is 4.39 Å². The van der Waals surface area contributed by atoms with Crippen LogP contribution in [0.1, 0.15) is 23.8 Å². The van der Waals surface area contributed by atoms with Crippen molar-refractivity contribution in [2.24, 2.45) is 0 Å². The minimum absolute atomic E-state index is 0.353. The highest BCUT2D eigenvalue weighted by atomic mass is 32.1. The van der Waals surface area contributed by atoms with E-state index in [0.29, 0.717) is 47.6 Å². The molecule has 4 nitrogen and oxygen atoms in total. The first-order valence-corrected chi connectivity index (χ1v) is 10.5. The lowest BCUT2D eigenvalue weighted by molar-refractivity contribution is -0.147. The van der Waals surface area contributed by atoms with Gasteiger partial charge in [-0.2, -0.15) is 8.78 Å². The molecule has 158 valence electrons. The lowest BCUT2D eigenvalue weighted by Gasteiger charge is -2.22. The minimum Gasteiger partial charge on any atom is -0.486 e. The first-order chi connectivity index (χ1) is 14.4. The second-order valence-corrected chi connectivity index (χ2v) is 8.21. The van der Waals surface area contributed by atoms with Gasteiger partial charge in [0.15, 0.2) is 11.5 Å². The number of rotatable bonds is 6. The van der Waals surface area contributed by atoms with Gasteiger partial charge in [0.25, 0.3) is 5.91 Å². The molecule has 1 N–H and O–H groups in total. The summed E-state index contributed by atoms with van der Waals surface area (Å²) in [4.78, 5) is 12.0. The van der Waals surface area contributed by atoms with Crippen LogP contribution in [-0.4, -0.2) is 25.2 Å². The van der Waals surface area contributed by atoms with Gasteiger partial charge in [-0.05, 0) is 60.2 Å². The van der Waals surface area contributed by atoms with E-state index in [2.05, 4.69) is 5.32 Å². The van der Waals surface area contributed by atoms with E-state index in [0.717, 1.165) is 16.9 Å². The second kappa shape index (κ2) is 8.18. The number of amides is 1. The van der Waals surface area contributed by atoms with E-state index >= 15 is 0 Å². The Hall–Kier alpha value is -2.74. The summed E-state index contributed by atoms with van der Waals surface area (Å²) < 4.78 is 54.5.